The van der Waals surface area contributed by atoms with Crippen molar-refractivity contribution in [2.45, 2.75) is 32.9 Å². The summed E-state index contributed by atoms with van der Waals surface area (Å²) in [5, 5.41) is 8.01. The second-order valence-electron chi connectivity index (χ2n) is 4.24. The third-order valence-corrected chi connectivity index (χ3v) is 2.78. The van der Waals surface area contributed by atoms with Crippen molar-refractivity contribution >= 4 is 0 Å². The molecule has 0 radical (unpaired) electrons. The molecule has 0 fully saturated rings. The van der Waals surface area contributed by atoms with E-state index in [0.29, 0.717) is 0 Å². The molecular formula is C12H18N6. The van der Waals surface area contributed by atoms with Crippen LogP contribution in [0.25, 0.3) is 0 Å². The number of aryl methyl sites for hydroxylation is 2. The van der Waals surface area contributed by atoms with E-state index in [-0.39, 0.29) is 6.04 Å². The van der Waals surface area contributed by atoms with E-state index >= 15 is 0 Å². The highest BCUT2D eigenvalue weighted by molar-refractivity contribution is 5.23. The SMILES string of the molecule is CCCn1nncc1C(NN)c1cc(C)ccn1. The molecule has 0 amide bonds. The summed E-state index contributed by atoms with van der Waals surface area (Å²) in [4.78, 5) is 4.36. The highest BCUT2D eigenvalue weighted by atomic mass is 15.4. The molecule has 2 rings (SSSR count). The van der Waals surface area contributed by atoms with Crippen LogP contribution >= 0.6 is 0 Å². The molecule has 0 aliphatic carbocycles. The summed E-state index contributed by atoms with van der Waals surface area (Å²) in [5.74, 6) is 5.65. The standard InChI is InChI=1S/C12H18N6/c1-3-6-18-11(8-15-17-18)12(16-13)10-7-9(2)4-5-14-10/h4-5,7-8,12,16H,3,6,13H2,1-2H3. The van der Waals surface area contributed by atoms with Gasteiger partial charge in [0.1, 0.15) is 6.04 Å². The van der Waals surface area contributed by atoms with Crippen LogP contribution in [0.3, 0.4) is 0 Å². The van der Waals surface area contributed by atoms with E-state index in [1.807, 2.05) is 23.7 Å². The van der Waals surface area contributed by atoms with E-state index in [0.717, 1.165) is 29.9 Å². The van der Waals surface area contributed by atoms with Gasteiger partial charge in [0, 0.05) is 12.7 Å². The zero-order valence-corrected chi connectivity index (χ0v) is 10.7. The molecule has 2 heterocycles. The van der Waals surface area contributed by atoms with Crippen LogP contribution in [0, 0.1) is 6.92 Å². The largest absolute Gasteiger partial charge is 0.270 e. The Morgan fingerprint density at radius 3 is 3.00 bits per heavy atom. The number of hydrogen-bond donors (Lipinski definition) is 2. The van der Waals surface area contributed by atoms with Crippen molar-refractivity contribution in [1.29, 1.82) is 0 Å². The minimum Gasteiger partial charge on any atom is -0.270 e. The van der Waals surface area contributed by atoms with Gasteiger partial charge in [0.05, 0.1) is 17.6 Å². The van der Waals surface area contributed by atoms with Gasteiger partial charge in [-0.1, -0.05) is 12.1 Å². The number of nitrogens with zero attached hydrogens (tertiary/aromatic N) is 4. The van der Waals surface area contributed by atoms with Crippen LogP contribution in [0.5, 0.6) is 0 Å². The minimum absolute atomic E-state index is 0.188. The van der Waals surface area contributed by atoms with Gasteiger partial charge in [-0.2, -0.15) is 0 Å². The van der Waals surface area contributed by atoms with Crippen LogP contribution in [-0.2, 0) is 6.54 Å². The van der Waals surface area contributed by atoms with E-state index < -0.39 is 0 Å². The molecule has 96 valence electrons. The molecule has 6 nitrogen and oxygen atoms in total. The summed E-state index contributed by atoms with van der Waals surface area (Å²) in [5.41, 5.74) is 5.73. The fourth-order valence-corrected chi connectivity index (χ4v) is 1.91. The topological polar surface area (TPSA) is 81.7 Å². The van der Waals surface area contributed by atoms with Crippen molar-refractivity contribution in [3.05, 3.63) is 41.5 Å². The zero-order valence-electron chi connectivity index (χ0n) is 10.7. The summed E-state index contributed by atoms with van der Waals surface area (Å²) in [6.45, 7) is 4.95. The van der Waals surface area contributed by atoms with Gasteiger partial charge in [0.25, 0.3) is 0 Å². The van der Waals surface area contributed by atoms with Gasteiger partial charge >= 0.3 is 0 Å². The Balaban J connectivity index is 2.36. The third kappa shape index (κ3) is 2.55. The van der Waals surface area contributed by atoms with Crippen molar-refractivity contribution < 1.29 is 0 Å². The summed E-state index contributed by atoms with van der Waals surface area (Å²) < 4.78 is 1.86. The van der Waals surface area contributed by atoms with Gasteiger partial charge in [-0.15, -0.1) is 5.10 Å². The molecule has 2 aromatic heterocycles. The maximum atomic E-state index is 5.65. The first kappa shape index (κ1) is 12.7. The van der Waals surface area contributed by atoms with Crippen molar-refractivity contribution in [2.75, 3.05) is 0 Å². The molecule has 0 bridgehead atoms. The zero-order chi connectivity index (χ0) is 13.0. The lowest BCUT2D eigenvalue weighted by molar-refractivity contribution is 0.507. The van der Waals surface area contributed by atoms with Crippen LogP contribution in [0.1, 0.15) is 36.3 Å². The third-order valence-electron chi connectivity index (χ3n) is 2.78. The fourth-order valence-electron chi connectivity index (χ4n) is 1.91. The summed E-state index contributed by atoms with van der Waals surface area (Å²) in [7, 11) is 0. The molecule has 0 spiro atoms. The first-order valence-electron chi connectivity index (χ1n) is 6.03. The second-order valence-corrected chi connectivity index (χ2v) is 4.24. The summed E-state index contributed by atoms with van der Waals surface area (Å²) >= 11 is 0. The number of nitrogens with two attached hydrogens (primary N) is 1. The number of aromatic nitrogens is 4. The quantitative estimate of drug-likeness (QED) is 0.606. The molecule has 3 N–H and O–H groups in total. The molecule has 0 aliphatic heterocycles. The van der Waals surface area contributed by atoms with Crippen LogP contribution in [0.2, 0.25) is 0 Å². The molecule has 1 unspecified atom stereocenters. The van der Waals surface area contributed by atoms with Crippen LogP contribution < -0.4 is 11.3 Å². The van der Waals surface area contributed by atoms with E-state index in [9.17, 15) is 0 Å². The Hall–Kier alpha value is -1.79. The number of hydrogen-bond acceptors (Lipinski definition) is 5. The van der Waals surface area contributed by atoms with Gasteiger partial charge in [0.15, 0.2) is 0 Å². The van der Waals surface area contributed by atoms with Crippen molar-refractivity contribution in [2.24, 2.45) is 5.84 Å². The molecular weight excluding hydrogens is 228 g/mol. The fraction of sp³-hybridized carbons (Fsp3) is 0.417. The van der Waals surface area contributed by atoms with E-state index in [2.05, 4.69) is 27.6 Å². The van der Waals surface area contributed by atoms with Crippen LogP contribution in [-0.4, -0.2) is 20.0 Å². The normalized spacial score (nSPS) is 12.6. The van der Waals surface area contributed by atoms with Gasteiger partial charge < -0.3 is 0 Å². The van der Waals surface area contributed by atoms with Crippen molar-refractivity contribution in [3.8, 4) is 0 Å². The Bertz CT molecular complexity index is 507. The van der Waals surface area contributed by atoms with E-state index in [1.54, 1.807) is 12.4 Å². The highest BCUT2D eigenvalue weighted by Gasteiger charge is 2.18. The molecule has 1 atom stereocenters. The molecule has 0 saturated carbocycles. The van der Waals surface area contributed by atoms with Crippen molar-refractivity contribution in [3.63, 3.8) is 0 Å². The van der Waals surface area contributed by atoms with E-state index in [4.69, 9.17) is 5.84 Å². The predicted octanol–water partition coefficient (Wildman–Crippen LogP) is 0.944. The Labute approximate surface area is 106 Å². The molecule has 0 aromatic carbocycles. The molecule has 0 aliphatic rings. The van der Waals surface area contributed by atoms with E-state index in [1.165, 1.54) is 0 Å². The maximum absolute atomic E-state index is 5.65. The lowest BCUT2D eigenvalue weighted by Crippen LogP contribution is -2.31. The summed E-state index contributed by atoms with van der Waals surface area (Å²) in [6.07, 6.45) is 4.50. The average Bonchev–Trinajstić information content (AvgIpc) is 2.79. The maximum Gasteiger partial charge on any atom is 0.106 e. The Morgan fingerprint density at radius 1 is 1.50 bits per heavy atom. The highest BCUT2D eigenvalue weighted by Crippen LogP contribution is 2.19. The van der Waals surface area contributed by atoms with Gasteiger partial charge in [-0.25, -0.2) is 10.1 Å². The first-order chi connectivity index (χ1) is 8.76. The number of pyridine rings is 1. The molecule has 2 aromatic rings. The minimum atomic E-state index is -0.188. The first-order valence-corrected chi connectivity index (χ1v) is 6.03. The second kappa shape index (κ2) is 5.70. The molecule has 0 saturated heterocycles. The number of rotatable bonds is 5. The smallest absolute Gasteiger partial charge is 0.106 e. The van der Waals surface area contributed by atoms with Gasteiger partial charge in [-0.3, -0.25) is 10.8 Å². The monoisotopic (exact) mass is 246 g/mol. The van der Waals surface area contributed by atoms with Crippen LogP contribution in [0.15, 0.2) is 24.5 Å². The molecule has 18 heavy (non-hydrogen) atoms. The predicted molar refractivity (Wildman–Crippen MR) is 68.5 cm³/mol. The summed E-state index contributed by atoms with van der Waals surface area (Å²) in [6, 6.07) is 3.78. The van der Waals surface area contributed by atoms with Gasteiger partial charge in [-0.05, 0) is 31.0 Å². The Kier molecular flexibility index (Phi) is 4.01. The Morgan fingerprint density at radius 2 is 2.33 bits per heavy atom. The average molecular weight is 246 g/mol. The lowest BCUT2D eigenvalue weighted by atomic mass is 10.1. The number of nitrogens with one attached hydrogen (secondary N) is 1. The lowest BCUT2D eigenvalue weighted by Gasteiger charge is -2.16. The van der Waals surface area contributed by atoms with Gasteiger partial charge in [0.2, 0.25) is 0 Å². The number of hydrazine groups is 1. The molecule has 6 heteroatoms. The van der Waals surface area contributed by atoms with Crippen molar-refractivity contribution in [1.82, 2.24) is 25.4 Å². The van der Waals surface area contributed by atoms with Crippen LogP contribution in [0.4, 0.5) is 0 Å².